The molecule has 4 atom stereocenters. The highest BCUT2D eigenvalue weighted by molar-refractivity contribution is 4.87. The molecule has 0 unspecified atom stereocenters. The fraction of sp³-hybridized carbons (Fsp3) is 1.00. The number of hydrogen-bond acceptors (Lipinski definition) is 5. The van der Waals surface area contributed by atoms with Crippen LogP contribution in [0.25, 0.3) is 10.4 Å². The molecular weight excluding hydrogens is 178 g/mol. The molecule has 1 aliphatic rings. The van der Waals surface area contributed by atoms with Crippen LogP contribution in [-0.2, 0) is 9.47 Å². The molecular formula is C6H11N3O4. The van der Waals surface area contributed by atoms with Crippen LogP contribution in [0, 0.1) is 0 Å². The van der Waals surface area contributed by atoms with Crippen molar-refractivity contribution in [3.63, 3.8) is 0 Å². The largest absolute Gasteiger partial charge is 0.390 e. The third kappa shape index (κ3) is 2.09. The maximum absolute atomic E-state index is 9.40. The van der Waals surface area contributed by atoms with Crippen molar-refractivity contribution in [1.29, 1.82) is 0 Å². The quantitative estimate of drug-likeness (QED) is 0.343. The Morgan fingerprint density at radius 1 is 1.54 bits per heavy atom. The van der Waals surface area contributed by atoms with Crippen molar-refractivity contribution in [1.82, 2.24) is 0 Å². The van der Waals surface area contributed by atoms with Crippen molar-refractivity contribution >= 4 is 0 Å². The molecule has 1 heterocycles. The summed E-state index contributed by atoms with van der Waals surface area (Å²) in [7, 11) is 1.36. The van der Waals surface area contributed by atoms with E-state index in [1.54, 1.807) is 0 Å². The first-order chi connectivity index (χ1) is 6.20. The van der Waals surface area contributed by atoms with Gasteiger partial charge in [-0.1, -0.05) is 5.11 Å². The van der Waals surface area contributed by atoms with E-state index in [-0.39, 0.29) is 6.61 Å². The first-order valence-corrected chi connectivity index (χ1v) is 3.75. The summed E-state index contributed by atoms with van der Waals surface area (Å²) < 4.78 is 9.71. The lowest BCUT2D eigenvalue weighted by Gasteiger charge is -2.34. The summed E-state index contributed by atoms with van der Waals surface area (Å²) in [6, 6.07) is -0.758. The molecule has 7 heteroatoms. The lowest BCUT2D eigenvalue weighted by atomic mass is 10.0. The van der Waals surface area contributed by atoms with E-state index < -0.39 is 24.5 Å². The Balaban J connectivity index is 2.63. The van der Waals surface area contributed by atoms with Gasteiger partial charge in [0.1, 0.15) is 6.10 Å². The number of rotatable bonds is 2. The highest BCUT2D eigenvalue weighted by atomic mass is 16.7. The van der Waals surface area contributed by atoms with Gasteiger partial charge in [-0.2, -0.15) is 0 Å². The van der Waals surface area contributed by atoms with E-state index in [0.29, 0.717) is 0 Å². The van der Waals surface area contributed by atoms with Crippen LogP contribution in [0.5, 0.6) is 0 Å². The molecule has 0 saturated carbocycles. The summed E-state index contributed by atoms with van der Waals surface area (Å²) in [5.74, 6) is 0. The van der Waals surface area contributed by atoms with E-state index in [4.69, 9.17) is 15.0 Å². The molecule has 1 fully saturated rings. The number of ether oxygens (including phenoxy) is 2. The fourth-order valence-corrected chi connectivity index (χ4v) is 1.15. The molecule has 0 spiro atoms. The highest BCUT2D eigenvalue weighted by Crippen LogP contribution is 2.18. The van der Waals surface area contributed by atoms with E-state index in [1.165, 1.54) is 7.11 Å². The molecule has 1 saturated heterocycles. The molecule has 0 amide bonds. The number of azide groups is 1. The average molecular weight is 189 g/mol. The monoisotopic (exact) mass is 189 g/mol. The predicted molar refractivity (Wildman–Crippen MR) is 41.7 cm³/mol. The van der Waals surface area contributed by atoms with Gasteiger partial charge in [-0.05, 0) is 5.53 Å². The standard InChI is InChI=1S/C6H11N3O4/c1-12-6-5(11)4(10)3(2-13-6)8-9-7/h3-6,10-11H,2H2,1H3/t3-,4+,5+,6+/m1/s1. The number of methoxy groups -OCH3 is 1. The van der Waals surface area contributed by atoms with Gasteiger partial charge in [0, 0.05) is 12.0 Å². The molecule has 0 bridgehead atoms. The summed E-state index contributed by atoms with van der Waals surface area (Å²) in [6.07, 6.45) is -3.19. The van der Waals surface area contributed by atoms with E-state index in [9.17, 15) is 10.2 Å². The zero-order valence-corrected chi connectivity index (χ0v) is 7.07. The minimum absolute atomic E-state index is 0.0425. The second-order valence-electron chi connectivity index (χ2n) is 2.69. The van der Waals surface area contributed by atoms with Gasteiger partial charge in [0.25, 0.3) is 0 Å². The number of nitrogens with zero attached hydrogens (tertiary/aromatic N) is 3. The lowest BCUT2D eigenvalue weighted by molar-refractivity contribution is -0.237. The molecule has 13 heavy (non-hydrogen) atoms. The Labute approximate surface area is 74.5 Å². The molecule has 0 radical (unpaired) electrons. The molecule has 1 rings (SSSR count). The smallest absolute Gasteiger partial charge is 0.185 e. The van der Waals surface area contributed by atoms with E-state index in [0.717, 1.165) is 0 Å². The Kier molecular flexibility index (Phi) is 3.47. The molecule has 2 N–H and O–H groups in total. The number of aliphatic hydroxyl groups excluding tert-OH is 2. The topological polar surface area (TPSA) is 108 Å². The van der Waals surface area contributed by atoms with Crippen molar-refractivity contribution < 1.29 is 19.7 Å². The van der Waals surface area contributed by atoms with Crippen LogP contribution in [0.4, 0.5) is 0 Å². The minimum atomic E-state index is -1.19. The van der Waals surface area contributed by atoms with Crippen molar-refractivity contribution in [2.75, 3.05) is 13.7 Å². The van der Waals surface area contributed by atoms with Crippen LogP contribution in [0.3, 0.4) is 0 Å². The Bertz CT molecular complexity index is 218. The van der Waals surface area contributed by atoms with Crippen LogP contribution < -0.4 is 0 Å². The lowest BCUT2D eigenvalue weighted by Crippen LogP contribution is -2.52. The second kappa shape index (κ2) is 4.40. The third-order valence-corrected chi connectivity index (χ3v) is 1.89. The van der Waals surface area contributed by atoms with Gasteiger partial charge in [0.15, 0.2) is 6.29 Å². The van der Waals surface area contributed by atoms with Crippen molar-refractivity contribution in [3.05, 3.63) is 10.4 Å². The van der Waals surface area contributed by atoms with Gasteiger partial charge in [0.2, 0.25) is 0 Å². The fourth-order valence-electron chi connectivity index (χ4n) is 1.15. The third-order valence-electron chi connectivity index (χ3n) is 1.89. The van der Waals surface area contributed by atoms with Crippen LogP contribution in [0.15, 0.2) is 5.11 Å². The van der Waals surface area contributed by atoms with E-state index >= 15 is 0 Å². The van der Waals surface area contributed by atoms with Gasteiger partial charge in [-0.25, -0.2) is 0 Å². The van der Waals surface area contributed by atoms with Gasteiger partial charge in [-0.3, -0.25) is 0 Å². The molecule has 74 valence electrons. The van der Waals surface area contributed by atoms with Gasteiger partial charge < -0.3 is 19.7 Å². The van der Waals surface area contributed by atoms with Crippen LogP contribution in [0.2, 0.25) is 0 Å². The normalized spacial score (nSPS) is 39.6. The summed E-state index contributed by atoms with van der Waals surface area (Å²) in [5, 5.41) is 22.0. The number of aliphatic hydroxyl groups is 2. The van der Waals surface area contributed by atoms with Gasteiger partial charge in [0.05, 0.1) is 18.8 Å². The zero-order chi connectivity index (χ0) is 9.84. The van der Waals surface area contributed by atoms with E-state index in [2.05, 4.69) is 10.0 Å². The number of hydrogen-bond donors (Lipinski definition) is 2. The maximum Gasteiger partial charge on any atom is 0.185 e. The SMILES string of the molecule is CO[C@H]1OC[C@@H](N=[N+]=[N-])[C@H](O)[C@@H]1O. The molecule has 0 aromatic rings. The van der Waals surface area contributed by atoms with E-state index in [1.807, 2.05) is 0 Å². The first-order valence-electron chi connectivity index (χ1n) is 3.75. The van der Waals surface area contributed by atoms with Crippen LogP contribution in [-0.4, -0.2) is 48.5 Å². The van der Waals surface area contributed by atoms with Gasteiger partial charge in [-0.15, -0.1) is 0 Å². The maximum atomic E-state index is 9.40. The molecule has 0 aromatic carbocycles. The highest BCUT2D eigenvalue weighted by Gasteiger charge is 2.37. The Morgan fingerprint density at radius 3 is 2.77 bits per heavy atom. The van der Waals surface area contributed by atoms with Crippen molar-refractivity contribution in [3.8, 4) is 0 Å². The summed E-state index contributed by atoms with van der Waals surface area (Å²) in [4.78, 5) is 2.53. The molecule has 0 aliphatic carbocycles. The van der Waals surface area contributed by atoms with Crippen molar-refractivity contribution in [2.45, 2.75) is 24.5 Å². The average Bonchev–Trinajstić information content (AvgIpc) is 2.14. The zero-order valence-electron chi connectivity index (χ0n) is 7.07. The first kappa shape index (κ1) is 10.2. The summed E-state index contributed by atoms with van der Waals surface area (Å²) >= 11 is 0. The Hall–Kier alpha value is -0.850. The molecule has 0 aromatic heterocycles. The second-order valence-corrected chi connectivity index (χ2v) is 2.69. The molecule has 7 nitrogen and oxygen atoms in total. The van der Waals surface area contributed by atoms with Gasteiger partial charge >= 0.3 is 0 Å². The predicted octanol–water partition coefficient (Wildman–Crippen LogP) is -0.610. The summed E-state index contributed by atoms with van der Waals surface area (Å²) in [5.41, 5.74) is 8.12. The van der Waals surface area contributed by atoms with Crippen molar-refractivity contribution in [2.24, 2.45) is 5.11 Å². The Morgan fingerprint density at radius 2 is 2.23 bits per heavy atom. The van der Waals surface area contributed by atoms with Crippen LogP contribution >= 0.6 is 0 Å². The molecule has 1 aliphatic heterocycles. The minimum Gasteiger partial charge on any atom is -0.390 e. The van der Waals surface area contributed by atoms with Crippen LogP contribution in [0.1, 0.15) is 0 Å². The summed E-state index contributed by atoms with van der Waals surface area (Å²) in [6.45, 7) is 0.0425.